The van der Waals surface area contributed by atoms with Gasteiger partial charge in [0.15, 0.2) is 0 Å². The number of benzene rings is 1. The molecule has 0 amide bonds. The normalized spacial score (nSPS) is 10.8. The Labute approximate surface area is 72.4 Å². The summed E-state index contributed by atoms with van der Waals surface area (Å²) < 4.78 is 13.4. The molecule has 2 heteroatoms. The Kier molecular flexibility index (Phi) is 2.36. The maximum absolute atomic E-state index is 13.4. The van der Waals surface area contributed by atoms with Crippen LogP contribution in [0, 0.1) is 12.7 Å². The topological polar surface area (TPSA) is 26.0 Å². The first-order valence-corrected chi connectivity index (χ1v) is 4.08. The average Bonchev–Trinajstić information content (AvgIpc) is 1.97. The summed E-state index contributed by atoms with van der Waals surface area (Å²) in [5, 5.41) is 0. The second kappa shape index (κ2) is 3.13. The van der Waals surface area contributed by atoms with Gasteiger partial charge in [0.1, 0.15) is 5.82 Å². The van der Waals surface area contributed by atoms with Gasteiger partial charge in [0.25, 0.3) is 0 Å². The second-order valence-corrected chi connectivity index (χ2v) is 3.35. The Morgan fingerprint density at radius 1 is 1.33 bits per heavy atom. The van der Waals surface area contributed by atoms with Crippen LogP contribution < -0.4 is 5.73 Å². The standard InChI is InChI=1S/C10H14FN/c1-6(2)9-7(3)4-5-8(12)10(9)11/h4-6H,12H2,1-3H3. The molecule has 0 saturated carbocycles. The lowest BCUT2D eigenvalue weighted by Gasteiger charge is -2.11. The maximum atomic E-state index is 13.4. The van der Waals surface area contributed by atoms with Crippen molar-refractivity contribution in [2.75, 3.05) is 5.73 Å². The van der Waals surface area contributed by atoms with Crippen molar-refractivity contribution >= 4 is 5.69 Å². The molecule has 0 saturated heterocycles. The van der Waals surface area contributed by atoms with Crippen LogP contribution in [-0.2, 0) is 0 Å². The first-order valence-electron chi connectivity index (χ1n) is 4.08. The van der Waals surface area contributed by atoms with E-state index in [-0.39, 0.29) is 17.4 Å². The first-order chi connectivity index (χ1) is 5.54. The molecule has 0 radical (unpaired) electrons. The zero-order valence-electron chi connectivity index (χ0n) is 7.69. The van der Waals surface area contributed by atoms with Crippen molar-refractivity contribution in [2.24, 2.45) is 0 Å². The number of aryl methyl sites for hydroxylation is 1. The van der Waals surface area contributed by atoms with E-state index in [0.29, 0.717) is 0 Å². The molecule has 1 nitrogen and oxygen atoms in total. The van der Waals surface area contributed by atoms with E-state index in [1.807, 2.05) is 26.8 Å². The molecule has 1 aromatic rings. The molecule has 0 aliphatic heterocycles. The zero-order chi connectivity index (χ0) is 9.30. The van der Waals surface area contributed by atoms with Crippen LogP contribution >= 0.6 is 0 Å². The molecule has 0 aromatic heterocycles. The molecular weight excluding hydrogens is 153 g/mol. The van der Waals surface area contributed by atoms with Gasteiger partial charge in [0.05, 0.1) is 5.69 Å². The average molecular weight is 167 g/mol. The Balaban J connectivity index is 3.33. The van der Waals surface area contributed by atoms with E-state index in [9.17, 15) is 4.39 Å². The molecule has 2 N–H and O–H groups in total. The predicted octanol–water partition coefficient (Wildman–Crippen LogP) is 2.84. The zero-order valence-corrected chi connectivity index (χ0v) is 7.69. The molecule has 0 aliphatic carbocycles. The minimum absolute atomic E-state index is 0.188. The first kappa shape index (κ1) is 9.04. The number of rotatable bonds is 1. The highest BCUT2D eigenvalue weighted by Gasteiger charge is 2.11. The Morgan fingerprint density at radius 2 is 1.92 bits per heavy atom. The van der Waals surface area contributed by atoms with Gasteiger partial charge in [-0.1, -0.05) is 19.9 Å². The quantitative estimate of drug-likeness (QED) is 0.639. The van der Waals surface area contributed by atoms with Crippen molar-refractivity contribution < 1.29 is 4.39 Å². The number of hydrogen-bond acceptors (Lipinski definition) is 1. The summed E-state index contributed by atoms with van der Waals surface area (Å²) in [6.45, 7) is 5.83. The Bertz CT molecular complexity index is 292. The van der Waals surface area contributed by atoms with Crippen LogP contribution in [0.3, 0.4) is 0 Å². The van der Waals surface area contributed by atoms with E-state index in [2.05, 4.69) is 0 Å². The van der Waals surface area contributed by atoms with E-state index >= 15 is 0 Å². The predicted molar refractivity (Wildman–Crippen MR) is 49.6 cm³/mol. The second-order valence-electron chi connectivity index (χ2n) is 3.35. The summed E-state index contributed by atoms with van der Waals surface area (Å²) in [4.78, 5) is 0. The van der Waals surface area contributed by atoms with Gasteiger partial charge in [-0.2, -0.15) is 0 Å². The van der Waals surface area contributed by atoms with Crippen LogP contribution in [0.2, 0.25) is 0 Å². The van der Waals surface area contributed by atoms with Crippen LogP contribution in [0.5, 0.6) is 0 Å². The van der Waals surface area contributed by atoms with Gasteiger partial charge in [-0.05, 0) is 30.0 Å². The molecule has 1 aromatic carbocycles. The van der Waals surface area contributed by atoms with E-state index in [1.165, 1.54) is 0 Å². The van der Waals surface area contributed by atoms with Crippen molar-refractivity contribution in [1.82, 2.24) is 0 Å². The Morgan fingerprint density at radius 3 is 2.33 bits per heavy atom. The van der Waals surface area contributed by atoms with Crippen molar-refractivity contribution in [1.29, 1.82) is 0 Å². The van der Waals surface area contributed by atoms with Gasteiger partial charge < -0.3 is 5.73 Å². The molecular formula is C10H14FN. The number of anilines is 1. The van der Waals surface area contributed by atoms with Gasteiger partial charge in [0.2, 0.25) is 0 Å². The van der Waals surface area contributed by atoms with Crippen LogP contribution in [0.4, 0.5) is 10.1 Å². The van der Waals surface area contributed by atoms with Crippen molar-refractivity contribution in [3.05, 3.63) is 29.1 Å². The highest BCUT2D eigenvalue weighted by Crippen LogP contribution is 2.25. The van der Waals surface area contributed by atoms with E-state index in [4.69, 9.17) is 5.73 Å². The van der Waals surface area contributed by atoms with E-state index < -0.39 is 0 Å². The molecule has 0 heterocycles. The van der Waals surface area contributed by atoms with Gasteiger partial charge in [-0.15, -0.1) is 0 Å². The molecule has 1 rings (SSSR count). The molecule has 0 unspecified atom stereocenters. The third-order valence-electron chi connectivity index (χ3n) is 2.00. The SMILES string of the molecule is Cc1ccc(N)c(F)c1C(C)C. The van der Waals surface area contributed by atoms with Crippen LogP contribution in [-0.4, -0.2) is 0 Å². The van der Waals surface area contributed by atoms with Crippen molar-refractivity contribution in [3.63, 3.8) is 0 Å². The van der Waals surface area contributed by atoms with Crippen molar-refractivity contribution in [3.8, 4) is 0 Å². The largest absolute Gasteiger partial charge is 0.396 e. The minimum atomic E-state index is -0.259. The fraction of sp³-hybridized carbons (Fsp3) is 0.400. The number of halogens is 1. The smallest absolute Gasteiger partial charge is 0.149 e. The molecule has 0 spiro atoms. The van der Waals surface area contributed by atoms with Gasteiger partial charge in [0, 0.05) is 0 Å². The fourth-order valence-electron chi connectivity index (χ4n) is 1.42. The van der Waals surface area contributed by atoms with Gasteiger partial charge >= 0.3 is 0 Å². The summed E-state index contributed by atoms with van der Waals surface area (Å²) in [5.74, 6) is -0.0708. The Hall–Kier alpha value is -1.05. The number of nitrogen functional groups attached to an aromatic ring is 1. The molecule has 66 valence electrons. The van der Waals surface area contributed by atoms with E-state index in [0.717, 1.165) is 11.1 Å². The van der Waals surface area contributed by atoms with Crippen LogP contribution in [0.15, 0.2) is 12.1 Å². The van der Waals surface area contributed by atoms with Gasteiger partial charge in [-0.3, -0.25) is 0 Å². The third-order valence-corrected chi connectivity index (χ3v) is 2.00. The molecule has 0 aliphatic rings. The monoisotopic (exact) mass is 167 g/mol. The lowest BCUT2D eigenvalue weighted by atomic mass is 9.97. The molecule has 0 fully saturated rings. The lowest BCUT2D eigenvalue weighted by Crippen LogP contribution is -2.01. The highest BCUT2D eigenvalue weighted by molar-refractivity contribution is 5.47. The van der Waals surface area contributed by atoms with E-state index in [1.54, 1.807) is 6.07 Å². The number of hydrogen-bond donors (Lipinski definition) is 1. The fourth-order valence-corrected chi connectivity index (χ4v) is 1.42. The van der Waals surface area contributed by atoms with Crippen LogP contribution in [0.1, 0.15) is 30.9 Å². The summed E-state index contributed by atoms with van der Waals surface area (Å²) in [7, 11) is 0. The highest BCUT2D eigenvalue weighted by atomic mass is 19.1. The molecule has 12 heavy (non-hydrogen) atoms. The third kappa shape index (κ3) is 1.42. The van der Waals surface area contributed by atoms with Crippen LogP contribution in [0.25, 0.3) is 0 Å². The summed E-state index contributed by atoms with van der Waals surface area (Å²) in [6, 6.07) is 3.46. The summed E-state index contributed by atoms with van der Waals surface area (Å²) in [5.41, 5.74) is 7.39. The minimum Gasteiger partial charge on any atom is -0.396 e. The maximum Gasteiger partial charge on any atom is 0.149 e. The van der Waals surface area contributed by atoms with Crippen molar-refractivity contribution in [2.45, 2.75) is 26.7 Å². The lowest BCUT2D eigenvalue weighted by molar-refractivity contribution is 0.600. The molecule has 0 atom stereocenters. The summed E-state index contributed by atoms with van der Waals surface area (Å²) >= 11 is 0. The van der Waals surface area contributed by atoms with Gasteiger partial charge in [-0.25, -0.2) is 4.39 Å². The molecule has 0 bridgehead atoms. The summed E-state index contributed by atoms with van der Waals surface area (Å²) in [6.07, 6.45) is 0. The number of nitrogens with two attached hydrogens (primary N) is 1.